The Morgan fingerprint density at radius 3 is 2.26 bits per heavy atom. The zero-order chi connectivity index (χ0) is 16.4. The van der Waals surface area contributed by atoms with Crippen LogP contribution in [0, 0.1) is 0 Å². The number of thiol groups is 1. The van der Waals surface area contributed by atoms with Crippen molar-refractivity contribution < 1.29 is 13.0 Å². The molecule has 0 unspecified atom stereocenters. The van der Waals surface area contributed by atoms with E-state index in [2.05, 4.69) is 28.3 Å². The van der Waals surface area contributed by atoms with Crippen molar-refractivity contribution in [3.63, 3.8) is 0 Å². The molecule has 0 saturated carbocycles. The first-order valence-electron chi connectivity index (χ1n) is 6.49. The summed E-state index contributed by atoms with van der Waals surface area (Å²) >= 11 is 4.26. The van der Waals surface area contributed by atoms with Crippen LogP contribution in [-0.2, 0) is 10.1 Å². The highest BCUT2D eigenvalue weighted by molar-refractivity contribution is 7.85. The molecule has 1 aromatic heterocycles. The maximum absolute atomic E-state index is 11.1. The number of hydrogen-bond donors (Lipinski definition) is 3. The normalized spacial score (nSPS) is 11.4. The van der Waals surface area contributed by atoms with Gasteiger partial charge >= 0.3 is 0 Å². The van der Waals surface area contributed by atoms with Crippen LogP contribution in [0.15, 0.2) is 64.6 Å². The first-order chi connectivity index (χ1) is 10.9. The zero-order valence-corrected chi connectivity index (χ0v) is 13.4. The minimum Gasteiger partial charge on any atom is -0.290 e. The highest BCUT2D eigenvalue weighted by atomic mass is 32.2. The SMILES string of the molecule is O=S(=O)(O)c1ccc(Nn2c(S)nnc2-c2ccccc2)cc1. The van der Waals surface area contributed by atoms with E-state index in [4.69, 9.17) is 4.55 Å². The average molecular weight is 348 g/mol. The van der Waals surface area contributed by atoms with Crippen molar-refractivity contribution in [2.24, 2.45) is 0 Å². The molecule has 2 N–H and O–H groups in total. The third-order valence-electron chi connectivity index (χ3n) is 3.07. The van der Waals surface area contributed by atoms with Crippen LogP contribution in [-0.4, -0.2) is 27.8 Å². The van der Waals surface area contributed by atoms with E-state index < -0.39 is 10.1 Å². The lowest BCUT2D eigenvalue weighted by Crippen LogP contribution is -2.11. The predicted octanol–water partition coefficient (Wildman–Crippen LogP) is 2.36. The van der Waals surface area contributed by atoms with Crippen LogP contribution >= 0.6 is 12.6 Å². The van der Waals surface area contributed by atoms with Crippen molar-refractivity contribution in [1.29, 1.82) is 0 Å². The number of aromatic nitrogens is 3. The van der Waals surface area contributed by atoms with Gasteiger partial charge in [0, 0.05) is 5.56 Å². The van der Waals surface area contributed by atoms with Gasteiger partial charge in [-0.1, -0.05) is 30.3 Å². The van der Waals surface area contributed by atoms with Gasteiger partial charge in [0.05, 0.1) is 10.6 Å². The topological polar surface area (TPSA) is 97.1 Å². The van der Waals surface area contributed by atoms with Crippen LogP contribution in [0.2, 0.25) is 0 Å². The summed E-state index contributed by atoms with van der Waals surface area (Å²) in [6.45, 7) is 0. The molecule has 0 aliphatic rings. The Labute approximate surface area is 138 Å². The monoisotopic (exact) mass is 348 g/mol. The highest BCUT2D eigenvalue weighted by Gasteiger charge is 2.13. The second kappa shape index (κ2) is 6.03. The third-order valence-corrected chi connectivity index (χ3v) is 4.23. The molecular weight excluding hydrogens is 336 g/mol. The molecule has 0 amide bonds. The number of rotatable bonds is 4. The van der Waals surface area contributed by atoms with Gasteiger partial charge in [-0.15, -0.1) is 22.8 Å². The van der Waals surface area contributed by atoms with Gasteiger partial charge in [-0.3, -0.25) is 9.98 Å². The van der Waals surface area contributed by atoms with Gasteiger partial charge in [-0.25, -0.2) is 4.68 Å². The second-order valence-corrected chi connectivity index (χ2v) is 6.46. The first-order valence-corrected chi connectivity index (χ1v) is 8.38. The molecule has 0 saturated heterocycles. The molecule has 3 rings (SSSR count). The summed E-state index contributed by atoms with van der Waals surface area (Å²) in [5.74, 6) is 0.564. The van der Waals surface area contributed by atoms with Crippen molar-refractivity contribution >= 4 is 28.4 Å². The molecule has 118 valence electrons. The van der Waals surface area contributed by atoms with Crippen molar-refractivity contribution in [2.45, 2.75) is 10.1 Å². The summed E-state index contributed by atoms with van der Waals surface area (Å²) in [5, 5.41) is 8.35. The van der Waals surface area contributed by atoms with Crippen molar-refractivity contribution in [1.82, 2.24) is 14.9 Å². The van der Waals surface area contributed by atoms with Crippen molar-refractivity contribution in [2.75, 3.05) is 5.43 Å². The molecule has 7 nitrogen and oxygen atoms in total. The second-order valence-electron chi connectivity index (χ2n) is 4.64. The number of hydrogen-bond acceptors (Lipinski definition) is 6. The van der Waals surface area contributed by atoms with Gasteiger partial charge in [0.25, 0.3) is 10.1 Å². The lowest BCUT2D eigenvalue weighted by atomic mass is 10.2. The Morgan fingerprint density at radius 2 is 1.65 bits per heavy atom. The van der Waals surface area contributed by atoms with Crippen LogP contribution in [0.4, 0.5) is 5.69 Å². The number of benzene rings is 2. The summed E-state index contributed by atoms with van der Waals surface area (Å²) in [4.78, 5) is -0.179. The molecule has 0 radical (unpaired) electrons. The largest absolute Gasteiger partial charge is 0.294 e. The smallest absolute Gasteiger partial charge is 0.290 e. The number of anilines is 1. The Hall–Kier alpha value is -2.36. The Kier molecular flexibility index (Phi) is 4.07. The first kappa shape index (κ1) is 15.5. The summed E-state index contributed by atoms with van der Waals surface area (Å²) in [6, 6.07) is 15.1. The van der Waals surface area contributed by atoms with Crippen LogP contribution in [0.5, 0.6) is 0 Å². The molecule has 9 heteroatoms. The fraction of sp³-hybridized carbons (Fsp3) is 0. The van der Waals surface area contributed by atoms with Gasteiger partial charge in [0.1, 0.15) is 0 Å². The molecule has 23 heavy (non-hydrogen) atoms. The quantitative estimate of drug-likeness (QED) is 0.495. The summed E-state index contributed by atoms with van der Waals surface area (Å²) in [6.07, 6.45) is 0. The average Bonchev–Trinajstić information content (AvgIpc) is 2.89. The van der Waals surface area contributed by atoms with E-state index in [9.17, 15) is 8.42 Å². The fourth-order valence-corrected chi connectivity index (χ4v) is 2.65. The zero-order valence-electron chi connectivity index (χ0n) is 11.7. The molecular formula is C14H12N4O3S2. The molecule has 0 spiro atoms. The van der Waals surface area contributed by atoms with Crippen molar-refractivity contribution in [3.05, 3.63) is 54.6 Å². The minimum atomic E-state index is -4.22. The van der Waals surface area contributed by atoms with E-state index in [0.717, 1.165) is 5.56 Å². The van der Waals surface area contributed by atoms with Gasteiger partial charge in [0.15, 0.2) is 5.82 Å². The Balaban J connectivity index is 1.93. The maximum Gasteiger partial charge on any atom is 0.294 e. The van der Waals surface area contributed by atoms with E-state index in [1.807, 2.05) is 30.3 Å². The van der Waals surface area contributed by atoms with E-state index in [0.29, 0.717) is 16.7 Å². The van der Waals surface area contributed by atoms with Gasteiger partial charge in [-0.05, 0) is 24.3 Å². The molecule has 0 atom stereocenters. The maximum atomic E-state index is 11.1. The van der Waals surface area contributed by atoms with E-state index >= 15 is 0 Å². The molecule has 0 bridgehead atoms. The summed E-state index contributed by atoms with van der Waals surface area (Å²) in [7, 11) is -4.22. The van der Waals surface area contributed by atoms with Gasteiger partial charge in [0.2, 0.25) is 5.16 Å². The summed E-state index contributed by atoms with van der Waals surface area (Å²) in [5.41, 5.74) is 4.47. The Morgan fingerprint density at radius 1 is 1.00 bits per heavy atom. The van der Waals surface area contributed by atoms with Crippen LogP contribution < -0.4 is 5.43 Å². The standard InChI is InChI=1S/C14H12N4O3S2/c19-23(20,21)12-8-6-11(7-9-12)17-18-13(15-16-14(18)22)10-4-2-1-3-5-10/h1-9,17H,(H,16,22)(H,19,20,21). The lowest BCUT2D eigenvalue weighted by Gasteiger charge is -2.11. The van der Waals surface area contributed by atoms with Crippen LogP contribution in [0.3, 0.4) is 0 Å². The molecule has 3 aromatic rings. The van der Waals surface area contributed by atoms with E-state index in [1.165, 1.54) is 24.3 Å². The molecule has 1 heterocycles. The lowest BCUT2D eigenvalue weighted by molar-refractivity contribution is 0.483. The summed E-state index contributed by atoms with van der Waals surface area (Å²) < 4.78 is 32.7. The highest BCUT2D eigenvalue weighted by Crippen LogP contribution is 2.21. The molecule has 0 fully saturated rings. The number of nitrogens with zero attached hydrogens (tertiary/aromatic N) is 3. The Bertz CT molecular complexity index is 922. The molecule has 0 aliphatic heterocycles. The molecule has 2 aromatic carbocycles. The van der Waals surface area contributed by atoms with E-state index in [-0.39, 0.29) is 4.90 Å². The fourth-order valence-electron chi connectivity index (χ4n) is 1.98. The predicted molar refractivity (Wildman–Crippen MR) is 88.0 cm³/mol. The number of nitrogens with one attached hydrogen (secondary N) is 1. The minimum absolute atomic E-state index is 0.179. The van der Waals surface area contributed by atoms with Gasteiger partial charge < -0.3 is 0 Å². The third kappa shape index (κ3) is 3.36. The molecule has 0 aliphatic carbocycles. The van der Waals surface area contributed by atoms with Gasteiger partial charge in [-0.2, -0.15) is 8.42 Å². The van der Waals surface area contributed by atoms with E-state index in [1.54, 1.807) is 4.68 Å². The van der Waals surface area contributed by atoms with Crippen LogP contribution in [0.25, 0.3) is 11.4 Å². The van der Waals surface area contributed by atoms with Crippen molar-refractivity contribution in [3.8, 4) is 11.4 Å². The van der Waals surface area contributed by atoms with Crippen LogP contribution in [0.1, 0.15) is 0 Å².